The predicted octanol–water partition coefficient (Wildman–Crippen LogP) is 4.15. The second kappa shape index (κ2) is 7.63. The highest BCUT2D eigenvalue weighted by atomic mass is 16.1. The molecule has 126 valence electrons. The van der Waals surface area contributed by atoms with Crippen LogP contribution in [0.25, 0.3) is 0 Å². The molecule has 1 N–H and O–H groups in total. The molecule has 0 aliphatic carbocycles. The number of amides is 1. The summed E-state index contributed by atoms with van der Waals surface area (Å²) in [6, 6.07) is 16.5. The maximum atomic E-state index is 12.5. The van der Waals surface area contributed by atoms with E-state index in [1.165, 1.54) is 11.1 Å². The van der Waals surface area contributed by atoms with Crippen LogP contribution in [-0.2, 0) is 11.3 Å². The van der Waals surface area contributed by atoms with Crippen LogP contribution in [-0.4, -0.2) is 23.9 Å². The van der Waals surface area contributed by atoms with Gasteiger partial charge in [-0.2, -0.15) is 0 Å². The summed E-state index contributed by atoms with van der Waals surface area (Å²) in [6.45, 7) is 7.15. The molecule has 0 radical (unpaired) electrons. The van der Waals surface area contributed by atoms with Crippen LogP contribution in [0.4, 0.5) is 5.69 Å². The van der Waals surface area contributed by atoms with Gasteiger partial charge in [-0.3, -0.25) is 9.69 Å². The molecule has 3 nitrogen and oxygen atoms in total. The van der Waals surface area contributed by atoms with Crippen molar-refractivity contribution in [3.8, 4) is 0 Å². The average molecular weight is 322 g/mol. The minimum absolute atomic E-state index is 0.123. The number of aryl methyl sites for hydroxylation is 2. The Morgan fingerprint density at radius 3 is 2.29 bits per heavy atom. The fraction of sp³-hybridized carbons (Fsp3) is 0.381. The number of likely N-dealkylation sites (tertiary alicyclic amines) is 1. The number of hydrogen-bond donors (Lipinski definition) is 1. The molecular formula is C21H26N2O. The molecule has 3 rings (SSSR count). The second-order valence-corrected chi connectivity index (χ2v) is 6.78. The molecule has 1 saturated heterocycles. The van der Waals surface area contributed by atoms with Crippen LogP contribution >= 0.6 is 0 Å². The van der Waals surface area contributed by atoms with Crippen molar-refractivity contribution in [3.63, 3.8) is 0 Å². The van der Waals surface area contributed by atoms with E-state index in [0.717, 1.165) is 43.7 Å². The Hall–Kier alpha value is -2.13. The maximum Gasteiger partial charge on any atom is 0.227 e. The molecule has 1 heterocycles. The van der Waals surface area contributed by atoms with Gasteiger partial charge in [0.2, 0.25) is 5.91 Å². The molecule has 0 aromatic heterocycles. The average Bonchev–Trinajstić information content (AvgIpc) is 2.59. The van der Waals surface area contributed by atoms with Crippen LogP contribution in [0, 0.1) is 19.8 Å². The van der Waals surface area contributed by atoms with Gasteiger partial charge in [0.05, 0.1) is 0 Å². The van der Waals surface area contributed by atoms with Crippen LogP contribution in [0.2, 0.25) is 0 Å². The number of nitrogens with zero attached hydrogens (tertiary/aromatic N) is 1. The van der Waals surface area contributed by atoms with Gasteiger partial charge in [0, 0.05) is 18.2 Å². The zero-order valence-corrected chi connectivity index (χ0v) is 14.6. The molecule has 3 heteroatoms. The van der Waals surface area contributed by atoms with Crippen LogP contribution in [0.15, 0.2) is 48.5 Å². The molecule has 0 atom stereocenters. The van der Waals surface area contributed by atoms with Gasteiger partial charge in [0.1, 0.15) is 0 Å². The Morgan fingerprint density at radius 2 is 1.62 bits per heavy atom. The number of benzene rings is 2. The third kappa shape index (κ3) is 4.04. The molecule has 0 bridgehead atoms. The smallest absolute Gasteiger partial charge is 0.227 e. The van der Waals surface area contributed by atoms with E-state index in [1.807, 2.05) is 31.2 Å². The van der Waals surface area contributed by atoms with E-state index in [4.69, 9.17) is 0 Å². The fourth-order valence-corrected chi connectivity index (χ4v) is 3.33. The van der Waals surface area contributed by atoms with Gasteiger partial charge in [0.15, 0.2) is 0 Å². The first kappa shape index (κ1) is 16.7. The van der Waals surface area contributed by atoms with E-state index in [2.05, 4.69) is 41.4 Å². The van der Waals surface area contributed by atoms with Crippen LogP contribution < -0.4 is 5.32 Å². The zero-order chi connectivity index (χ0) is 16.9. The van der Waals surface area contributed by atoms with E-state index in [-0.39, 0.29) is 11.8 Å². The minimum Gasteiger partial charge on any atom is -0.326 e. The van der Waals surface area contributed by atoms with Gasteiger partial charge >= 0.3 is 0 Å². The molecule has 1 aliphatic heterocycles. The summed E-state index contributed by atoms with van der Waals surface area (Å²) in [5.41, 5.74) is 4.78. The quantitative estimate of drug-likeness (QED) is 0.917. The topological polar surface area (TPSA) is 32.3 Å². The first-order chi connectivity index (χ1) is 11.6. The number of hydrogen-bond acceptors (Lipinski definition) is 2. The Bertz CT molecular complexity index is 702. The maximum absolute atomic E-state index is 12.5. The SMILES string of the molecule is Cc1ccccc1CN1CCC(C(=O)Nc2ccccc2C)CC1. The largest absolute Gasteiger partial charge is 0.326 e. The zero-order valence-electron chi connectivity index (χ0n) is 14.6. The number of anilines is 1. The molecule has 0 unspecified atom stereocenters. The number of nitrogens with one attached hydrogen (secondary N) is 1. The summed E-state index contributed by atoms with van der Waals surface area (Å²) in [6.07, 6.45) is 1.87. The van der Waals surface area contributed by atoms with Gasteiger partial charge in [-0.15, -0.1) is 0 Å². The Labute approximate surface area is 144 Å². The highest BCUT2D eigenvalue weighted by Crippen LogP contribution is 2.22. The summed E-state index contributed by atoms with van der Waals surface area (Å²) in [5.74, 6) is 0.289. The van der Waals surface area contributed by atoms with Gasteiger partial charge in [-0.25, -0.2) is 0 Å². The molecule has 1 aliphatic rings. The lowest BCUT2D eigenvalue weighted by Crippen LogP contribution is -2.37. The van der Waals surface area contributed by atoms with Crippen molar-refractivity contribution < 1.29 is 4.79 Å². The van der Waals surface area contributed by atoms with E-state index >= 15 is 0 Å². The van der Waals surface area contributed by atoms with E-state index in [0.29, 0.717) is 0 Å². The van der Waals surface area contributed by atoms with E-state index in [9.17, 15) is 4.79 Å². The van der Waals surface area contributed by atoms with Gasteiger partial charge < -0.3 is 5.32 Å². The number of piperidine rings is 1. The van der Waals surface area contributed by atoms with E-state index in [1.54, 1.807) is 0 Å². The summed E-state index contributed by atoms with van der Waals surface area (Å²) in [4.78, 5) is 15.0. The molecule has 1 amide bonds. The van der Waals surface area contributed by atoms with Gasteiger partial charge in [0.25, 0.3) is 0 Å². The summed E-state index contributed by atoms with van der Waals surface area (Å²) >= 11 is 0. The van der Waals surface area contributed by atoms with Crippen LogP contribution in [0.5, 0.6) is 0 Å². The van der Waals surface area contributed by atoms with Gasteiger partial charge in [-0.1, -0.05) is 42.5 Å². The molecule has 0 saturated carbocycles. The van der Waals surface area contributed by atoms with Crippen molar-refractivity contribution in [2.75, 3.05) is 18.4 Å². The van der Waals surface area contributed by atoms with Crippen molar-refractivity contribution in [3.05, 3.63) is 65.2 Å². The highest BCUT2D eigenvalue weighted by molar-refractivity contribution is 5.93. The van der Waals surface area contributed by atoms with Gasteiger partial charge in [-0.05, 0) is 62.5 Å². The van der Waals surface area contributed by atoms with Crippen molar-refractivity contribution >= 4 is 11.6 Å². The molecule has 2 aromatic rings. The van der Waals surface area contributed by atoms with Crippen LogP contribution in [0.3, 0.4) is 0 Å². The number of carbonyl (C=O) groups excluding carboxylic acids is 1. The number of carbonyl (C=O) groups is 1. The number of rotatable bonds is 4. The highest BCUT2D eigenvalue weighted by Gasteiger charge is 2.25. The lowest BCUT2D eigenvalue weighted by molar-refractivity contribution is -0.121. The Morgan fingerprint density at radius 1 is 1.00 bits per heavy atom. The lowest BCUT2D eigenvalue weighted by atomic mass is 9.95. The van der Waals surface area contributed by atoms with Crippen molar-refractivity contribution in [2.45, 2.75) is 33.2 Å². The first-order valence-corrected chi connectivity index (χ1v) is 8.77. The number of para-hydroxylation sites is 1. The normalized spacial score (nSPS) is 16.1. The monoisotopic (exact) mass is 322 g/mol. The summed E-state index contributed by atoms with van der Waals surface area (Å²) < 4.78 is 0. The lowest BCUT2D eigenvalue weighted by Gasteiger charge is -2.31. The van der Waals surface area contributed by atoms with Crippen molar-refractivity contribution in [1.82, 2.24) is 4.90 Å². The van der Waals surface area contributed by atoms with Crippen LogP contribution in [0.1, 0.15) is 29.5 Å². The third-order valence-electron chi connectivity index (χ3n) is 5.02. The molecule has 0 spiro atoms. The first-order valence-electron chi connectivity index (χ1n) is 8.77. The summed E-state index contributed by atoms with van der Waals surface area (Å²) in [7, 11) is 0. The molecule has 24 heavy (non-hydrogen) atoms. The van der Waals surface area contributed by atoms with Crippen molar-refractivity contribution in [2.24, 2.45) is 5.92 Å². The molecular weight excluding hydrogens is 296 g/mol. The standard InChI is InChI=1S/C21H26N2O/c1-16-7-3-5-9-19(16)15-23-13-11-18(12-14-23)21(24)22-20-10-6-4-8-17(20)2/h3-10,18H,11-15H2,1-2H3,(H,22,24). The molecule has 1 fully saturated rings. The Balaban J connectivity index is 1.52. The predicted molar refractivity (Wildman–Crippen MR) is 99.0 cm³/mol. The fourth-order valence-electron chi connectivity index (χ4n) is 3.33. The van der Waals surface area contributed by atoms with E-state index < -0.39 is 0 Å². The third-order valence-corrected chi connectivity index (χ3v) is 5.02. The summed E-state index contributed by atoms with van der Waals surface area (Å²) in [5, 5.41) is 3.10. The second-order valence-electron chi connectivity index (χ2n) is 6.78. The minimum atomic E-state index is 0.123. The molecule has 2 aromatic carbocycles. The van der Waals surface area contributed by atoms with Crippen molar-refractivity contribution in [1.29, 1.82) is 0 Å². The Kier molecular flexibility index (Phi) is 5.31.